The molecule has 0 spiro atoms. The zero-order valence-corrected chi connectivity index (χ0v) is 17.2. The molecule has 2 aromatic rings. The van der Waals surface area contributed by atoms with Crippen molar-refractivity contribution in [3.05, 3.63) is 59.7 Å². The van der Waals surface area contributed by atoms with E-state index in [9.17, 15) is 0 Å². The van der Waals surface area contributed by atoms with E-state index in [1.165, 1.54) is 49.7 Å². The van der Waals surface area contributed by atoms with Gasteiger partial charge in [0.05, 0.1) is 0 Å². The van der Waals surface area contributed by atoms with Gasteiger partial charge in [-0.05, 0) is 0 Å². The number of rotatable bonds is 6. The second kappa shape index (κ2) is 15.3. The molecule has 0 atom stereocenters. The average Bonchev–Trinajstić information content (AvgIpc) is 3.07. The van der Waals surface area contributed by atoms with Crippen LogP contribution in [-0.2, 0) is 38.7 Å². The smallest absolute Gasteiger partial charge is 0 e. The van der Waals surface area contributed by atoms with Crippen LogP contribution in [-0.4, -0.2) is 0 Å². The molecule has 0 aliphatic carbocycles. The van der Waals surface area contributed by atoms with Crippen molar-refractivity contribution in [2.24, 2.45) is 0 Å². The summed E-state index contributed by atoms with van der Waals surface area (Å²) in [4.78, 5) is 0. The molecule has 0 amide bonds. The summed E-state index contributed by atoms with van der Waals surface area (Å²) >= 11 is 0. The fourth-order valence-electron chi connectivity index (χ4n) is 1.92. The fourth-order valence-corrected chi connectivity index (χ4v) is 1.92. The van der Waals surface area contributed by atoms with Gasteiger partial charge in [0.1, 0.15) is 0 Å². The second-order valence-electron chi connectivity index (χ2n) is 4.79. The maximum atomic E-state index is 2.23. The number of hydrogen-bond donors (Lipinski definition) is 0. The van der Waals surface area contributed by atoms with E-state index in [-0.39, 0.29) is 38.3 Å². The average molecular weight is 457 g/mol. The third-order valence-electron chi connectivity index (χ3n) is 3.10. The van der Waals surface area contributed by atoms with Gasteiger partial charge in [0.2, 0.25) is 0 Å². The number of hydrogen-bond acceptors (Lipinski definition) is 0. The fraction of sp³-hybridized carbons (Fsp3) is 0.444. The van der Waals surface area contributed by atoms with Crippen molar-refractivity contribution in [1.29, 1.82) is 0 Å². The Morgan fingerprint density at radius 2 is 0.950 bits per heavy atom. The van der Waals surface area contributed by atoms with Crippen LogP contribution in [0.5, 0.6) is 0 Å². The molecule has 0 bridgehead atoms. The van der Waals surface area contributed by atoms with E-state index < -0.39 is 0 Å². The summed E-state index contributed by atoms with van der Waals surface area (Å²) < 4.78 is 0. The Kier molecular flexibility index (Phi) is 16.9. The first-order valence-corrected chi connectivity index (χ1v) is 7.28. The van der Waals surface area contributed by atoms with E-state index in [0.717, 1.165) is 0 Å². The summed E-state index contributed by atoms with van der Waals surface area (Å²) in [5.74, 6) is 0. The minimum Gasteiger partial charge on any atom is -0.213 e. The molecule has 2 heteroatoms. The van der Waals surface area contributed by atoms with Crippen LogP contribution in [0, 0.1) is 0 Å². The predicted octanol–water partition coefficient (Wildman–Crippen LogP) is 5.92. The van der Waals surface area contributed by atoms with E-state index in [2.05, 4.69) is 62.4 Å². The number of unbranched alkanes of at least 4 members (excludes halogenated alkanes) is 2. The second-order valence-corrected chi connectivity index (χ2v) is 4.79. The summed E-state index contributed by atoms with van der Waals surface area (Å²) in [7, 11) is 0. The molecule has 20 heavy (non-hydrogen) atoms. The van der Waals surface area contributed by atoms with Gasteiger partial charge in [0, 0.05) is 25.8 Å². The van der Waals surface area contributed by atoms with Crippen LogP contribution in [0.25, 0.3) is 0 Å². The van der Waals surface area contributed by atoms with Gasteiger partial charge in [-0.3, -0.25) is 0 Å². The number of halogens is 1. The Morgan fingerprint density at radius 1 is 0.650 bits per heavy atom. The Hall–Kier alpha value is -0.140. The van der Waals surface area contributed by atoms with Crippen LogP contribution < -0.4 is 0 Å². The molecule has 0 heterocycles. The van der Waals surface area contributed by atoms with Crippen molar-refractivity contribution in [3.63, 3.8) is 0 Å². The third-order valence-corrected chi connectivity index (χ3v) is 3.10. The van der Waals surface area contributed by atoms with Crippen LogP contribution >= 0.6 is 12.4 Å². The third kappa shape index (κ3) is 10.6. The minimum absolute atomic E-state index is 0. The van der Waals surface area contributed by atoms with Crippen molar-refractivity contribution in [1.82, 2.24) is 0 Å². The van der Waals surface area contributed by atoms with Crippen molar-refractivity contribution < 1.29 is 25.8 Å². The molecule has 2 aromatic carbocycles. The molecule has 0 aliphatic heterocycles. The SMILES string of the molecule is CCCC[c-]1cccc1.CCCC[c-]1cccc1.Cl.[Hf]. The molecular formula is C18H27ClHf-2. The largest absolute Gasteiger partial charge is 0.213 e. The molecule has 0 saturated heterocycles. The van der Waals surface area contributed by atoms with E-state index in [1.54, 1.807) is 0 Å². The van der Waals surface area contributed by atoms with Crippen molar-refractivity contribution in [2.45, 2.75) is 52.4 Å². The Balaban J connectivity index is 0. The van der Waals surface area contributed by atoms with E-state index >= 15 is 0 Å². The van der Waals surface area contributed by atoms with Crippen LogP contribution in [0.2, 0.25) is 0 Å². The molecule has 0 aliphatic rings. The van der Waals surface area contributed by atoms with Crippen LogP contribution in [0.1, 0.15) is 50.7 Å². The van der Waals surface area contributed by atoms with E-state index in [1.807, 2.05) is 0 Å². The maximum Gasteiger partial charge on any atom is 0 e. The maximum absolute atomic E-state index is 2.23. The zero-order valence-electron chi connectivity index (χ0n) is 12.8. The van der Waals surface area contributed by atoms with Gasteiger partial charge < -0.3 is 0 Å². The Morgan fingerprint density at radius 3 is 1.20 bits per heavy atom. The molecule has 112 valence electrons. The monoisotopic (exact) mass is 458 g/mol. The predicted molar refractivity (Wildman–Crippen MR) is 88.5 cm³/mol. The quantitative estimate of drug-likeness (QED) is 0.374. The first-order valence-electron chi connectivity index (χ1n) is 7.28. The van der Waals surface area contributed by atoms with Crippen molar-refractivity contribution >= 4 is 12.4 Å². The van der Waals surface area contributed by atoms with E-state index in [4.69, 9.17) is 0 Å². The molecule has 0 unspecified atom stereocenters. The first-order chi connectivity index (χ1) is 8.86. The molecule has 0 fully saturated rings. The molecule has 2 rings (SSSR count). The zero-order chi connectivity index (χ0) is 13.1. The normalized spacial score (nSPS) is 8.90. The van der Waals surface area contributed by atoms with Crippen molar-refractivity contribution in [3.8, 4) is 0 Å². The molecule has 0 N–H and O–H groups in total. The van der Waals surface area contributed by atoms with Gasteiger partial charge >= 0.3 is 0 Å². The first kappa shape index (κ1) is 22.1. The van der Waals surface area contributed by atoms with E-state index in [0.29, 0.717) is 0 Å². The Labute approximate surface area is 149 Å². The molecular weight excluding hydrogens is 430 g/mol. The van der Waals surface area contributed by atoms with Gasteiger partial charge in [0.15, 0.2) is 0 Å². The van der Waals surface area contributed by atoms with Gasteiger partial charge in [-0.1, -0.05) is 52.4 Å². The Bertz CT molecular complexity index is 324. The van der Waals surface area contributed by atoms with Gasteiger partial charge in [-0.2, -0.15) is 35.4 Å². The molecule has 0 radical (unpaired) electrons. The molecule has 0 aromatic heterocycles. The summed E-state index contributed by atoms with van der Waals surface area (Å²) in [5, 5.41) is 0. The standard InChI is InChI=1S/2C9H13.ClH.Hf/c2*1-2-3-6-9-7-4-5-8-9;;/h2*4-5,7-8H,2-3,6H2,1H3;1H;/q2*-1;;. The topological polar surface area (TPSA) is 0 Å². The number of aryl methyl sites for hydroxylation is 2. The van der Waals surface area contributed by atoms with Crippen molar-refractivity contribution in [2.75, 3.05) is 0 Å². The summed E-state index contributed by atoms with van der Waals surface area (Å²) in [5.41, 5.74) is 2.97. The molecule has 0 saturated carbocycles. The van der Waals surface area contributed by atoms with Crippen LogP contribution in [0.4, 0.5) is 0 Å². The minimum atomic E-state index is 0. The van der Waals surface area contributed by atoms with Gasteiger partial charge in [0.25, 0.3) is 0 Å². The van der Waals surface area contributed by atoms with Gasteiger partial charge in [-0.15, -0.1) is 12.4 Å². The van der Waals surface area contributed by atoms with Crippen LogP contribution in [0.15, 0.2) is 48.5 Å². The van der Waals surface area contributed by atoms with Gasteiger partial charge in [-0.25, -0.2) is 24.3 Å². The summed E-state index contributed by atoms with van der Waals surface area (Å²) in [6.07, 6.45) is 7.75. The van der Waals surface area contributed by atoms with Crippen LogP contribution in [0.3, 0.4) is 0 Å². The summed E-state index contributed by atoms with van der Waals surface area (Å²) in [6.45, 7) is 4.45. The molecule has 0 nitrogen and oxygen atoms in total. The summed E-state index contributed by atoms with van der Waals surface area (Å²) in [6, 6.07) is 17.2.